The molecule has 0 aliphatic carbocycles. The van der Waals surface area contributed by atoms with Crippen LogP contribution in [0.25, 0.3) is 10.9 Å². The minimum absolute atomic E-state index is 0.00178. The van der Waals surface area contributed by atoms with Crippen LogP contribution in [0.4, 0.5) is 4.39 Å². The van der Waals surface area contributed by atoms with E-state index in [0.717, 1.165) is 6.42 Å². The molecule has 4 N–H and O–H groups in total. The van der Waals surface area contributed by atoms with Crippen molar-refractivity contribution in [1.29, 1.82) is 0 Å². The highest BCUT2D eigenvalue weighted by Crippen LogP contribution is 2.26. The smallest absolute Gasteiger partial charge is 0.273 e. The van der Waals surface area contributed by atoms with Crippen LogP contribution in [0, 0.1) is 16.6 Å². The Morgan fingerprint density at radius 1 is 1.16 bits per heavy atom. The number of benzene rings is 1. The molecule has 0 saturated heterocycles. The van der Waals surface area contributed by atoms with Crippen LogP contribution in [-0.2, 0) is 16.1 Å². The van der Waals surface area contributed by atoms with E-state index in [2.05, 4.69) is 36.5 Å². The van der Waals surface area contributed by atoms with Gasteiger partial charge in [-0.2, -0.15) is 5.10 Å². The van der Waals surface area contributed by atoms with Crippen LogP contribution in [0.1, 0.15) is 58.5 Å². The Morgan fingerprint density at radius 2 is 1.81 bits per heavy atom. The molecule has 8 nitrogen and oxygen atoms in total. The zero-order valence-electron chi connectivity index (χ0n) is 19.0. The minimum atomic E-state index is -0.956. The monoisotopic (exact) mass is 433 g/mol. The molecule has 170 valence electrons. The molecule has 0 radical (unpaired) electrons. The van der Waals surface area contributed by atoms with Gasteiger partial charge in [0.05, 0.1) is 6.54 Å². The van der Waals surface area contributed by atoms with E-state index in [1.807, 2.05) is 0 Å². The average molecular weight is 434 g/mol. The van der Waals surface area contributed by atoms with Gasteiger partial charge in [-0.05, 0) is 23.3 Å². The number of aryl methyl sites for hydroxylation is 1. The van der Waals surface area contributed by atoms with E-state index in [-0.39, 0.29) is 23.2 Å². The fraction of sp³-hybridized carbons (Fsp3) is 0.545. The second-order valence-electron chi connectivity index (χ2n) is 9.98. The van der Waals surface area contributed by atoms with E-state index in [0.29, 0.717) is 11.9 Å². The van der Waals surface area contributed by atoms with Gasteiger partial charge < -0.3 is 16.4 Å². The van der Waals surface area contributed by atoms with Crippen molar-refractivity contribution >= 4 is 28.6 Å². The highest BCUT2D eigenvalue weighted by molar-refractivity contribution is 6.06. The molecule has 2 rings (SSSR count). The van der Waals surface area contributed by atoms with Gasteiger partial charge in [0.25, 0.3) is 5.91 Å². The summed E-state index contributed by atoms with van der Waals surface area (Å²) in [6.07, 6.45) is 0.735. The Balaban J connectivity index is 2.39. The Bertz CT molecular complexity index is 985. The number of carbonyl (C=O) groups is 3. The van der Waals surface area contributed by atoms with Crippen molar-refractivity contribution in [3.63, 3.8) is 0 Å². The van der Waals surface area contributed by atoms with E-state index in [4.69, 9.17) is 5.73 Å². The van der Waals surface area contributed by atoms with Gasteiger partial charge in [-0.1, -0.05) is 53.7 Å². The number of hydrogen-bond acceptors (Lipinski definition) is 4. The number of halogens is 1. The Kier molecular flexibility index (Phi) is 7.08. The number of rotatable bonds is 7. The minimum Gasteiger partial charge on any atom is -0.368 e. The van der Waals surface area contributed by atoms with E-state index in [9.17, 15) is 18.8 Å². The quantitative estimate of drug-likeness (QED) is 0.621. The Hall–Kier alpha value is -2.97. The van der Waals surface area contributed by atoms with Crippen LogP contribution >= 0.6 is 0 Å². The first-order valence-electron chi connectivity index (χ1n) is 10.2. The normalized spacial score (nSPS) is 13.1. The average Bonchev–Trinajstić information content (AvgIpc) is 3.01. The molecule has 0 bridgehead atoms. The summed E-state index contributed by atoms with van der Waals surface area (Å²) in [5, 5.41) is 9.87. The summed E-state index contributed by atoms with van der Waals surface area (Å²) >= 11 is 0. The summed E-state index contributed by atoms with van der Waals surface area (Å²) in [6.45, 7) is 11.7. The molecule has 1 aromatic heterocycles. The SMILES string of the molecule is CC(C)(C)CCn1nc(C(=O)NC(C(=O)NCC(N)=O)C(C)(C)C)c2cccc(F)c21. The van der Waals surface area contributed by atoms with Crippen LogP contribution in [-0.4, -0.2) is 40.1 Å². The van der Waals surface area contributed by atoms with E-state index >= 15 is 0 Å². The van der Waals surface area contributed by atoms with Crippen molar-refractivity contribution in [3.8, 4) is 0 Å². The first-order valence-corrected chi connectivity index (χ1v) is 10.2. The molecule has 3 amide bonds. The number of para-hydroxylation sites is 1. The summed E-state index contributed by atoms with van der Waals surface area (Å²) < 4.78 is 16.1. The first kappa shape index (κ1) is 24.3. The molecular formula is C22H32FN5O3. The number of aromatic nitrogens is 2. The number of hydrogen-bond donors (Lipinski definition) is 3. The van der Waals surface area contributed by atoms with Gasteiger partial charge in [-0.25, -0.2) is 4.39 Å². The van der Waals surface area contributed by atoms with Gasteiger partial charge >= 0.3 is 0 Å². The maximum absolute atomic E-state index is 14.6. The summed E-state index contributed by atoms with van der Waals surface area (Å²) in [6, 6.07) is 3.52. The Labute approximate surface area is 181 Å². The summed E-state index contributed by atoms with van der Waals surface area (Å²) in [4.78, 5) is 36.7. The lowest BCUT2D eigenvalue weighted by atomic mass is 9.86. The fourth-order valence-electron chi connectivity index (χ4n) is 3.12. The van der Waals surface area contributed by atoms with Crippen LogP contribution in [0.3, 0.4) is 0 Å². The summed E-state index contributed by atoms with van der Waals surface area (Å²) in [7, 11) is 0. The molecule has 1 aromatic carbocycles. The van der Waals surface area contributed by atoms with Gasteiger partial charge in [-0.3, -0.25) is 19.1 Å². The molecule has 0 saturated carbocycles. The summed E-state index contributed by atoms with van der Waals surface area (Å²) in [5.74, 6) is -2.29. The molecule has 0 aliphatic heterocycles. The molecule has 9 heteroatoms. The predicted molar refractivity (Wildman–Crippen MR) is 117 cm³/mol. The molecule has 1 atom stereocenters. The number of carbonyl (C=O) groups excluding carboxylic acids is 3. The molecule has 0 fully saturated rings. The second-order valence-corrected chi connectivity index (χ2v) is 9.98. The van der Waals surface area contributed by atoms with Crippen LogP contribution in [0.5, 0.6) is 0 Å². The number of nitrogens with one attached hydrogen (secondary N) is 2. The van der Waals surface area contributed by atoms with Crippen molar-refractivity contribution in [1.82, 2.24) is 20.4 Å². The van der Waals surface area contributed by atoms with Gasteiger partial charge in [0.1, 0.15) is 17.4 Å². The second kappa shape index (κ2) is 9.03. The molecule has 1 heterocycles. The van der Waals surface area contributed by atoms with Crippen molar-refractivity contribution in [3.05, 3.63) is 29.7 Å². The molecule has 2 aromatic rings. The molecule has 0 aliphatic rings. The summed E-state index contributed by atoms with van der Waals surface area (Å²) in [5.41, 5.74) is 4.73. The van der Waals surface area contributed by atoms with E-state index in [1.54, 1.807) is 26.8 Å². The third kappa shape index (κ3) is 6.26. The lowest BCUT2D eigenvalue weighted by Gasteiger charge is -2.30. The van der Waals surface area contributed by atoms with Crippen molar-refractivity contribution in [2.75, 3.05) is 6.54 Å². The number of nitrogens with two attached hydrogens (primary N) is 1. The van der Waals surface area contributed by atoms with Gasteiger partial charge in [-0.15, -0.1) is 0 Å². The van der Waals surface area contributed by atoms with Crippen molar-refractivity contribution < 1.29 is 18.8 Å². The third-order valence-corrected chi connectivity index (χ3v) is 4.85. The van der Waals surface area contributed by atoms with E-state index in [1.165, 1.54) is 16.8 Å². The number of amides is 3. The Morgan fingerprint density at radius 3 is 2.35 bits per heavy atom. The number of fused-ring (bicyclic) bond motifs is 1. The lowest BCUT2D eigenvalue weighted by Crippen LogP contribution is -2.54. The van der Waals surface area contributed by atoms with Gasteiger partial charge in [0.2, 0.25) is 11.8 Å². The zero-order chi connectivity index (χ0) is 23.6. The first-order chi connectivity index (χ1) is 14.2. The van der Waals surface area contributed by atoms with Crippen molar-refractivity contribution in [2.45, 2.75) is 60.5 Å². The molecular weight excluding hydrogens is 401 g/mol. The molecule has 0 spiro atoms. The highest BCUT2D eigenvalue weighted by Gasteiger charge is 2.34. The third-order valence-electron chi connectivity index (χ3n) is 4.85. The van der Waals surface area contributed by atoms with Crippen molar-refractivity contribution in [2.24, 2.45) is 16.6 Å². The maximum Gasteiger partial charge on any atom is 0.273 e. The van der Waals surface area contributed by atoms with Gasteiger partial charge in [0, 0.05) is 11.9 Å². The largest absolute Gasteiger partial charge is 0.368 e. The predicted octanol–water partition coefficient (Wildman–Crippen LogP) is 2.36. The topological polar surface area (TPSA) is 119 Å². The van der Waals surface area contributed by atoms with Crippen LogP contribution in [0.15, 0.2) is 18.2 Å². The van der Waals surface area contributed by atoms with E-state index < -0.39 is 35.0 Å². The maximum atomic E-state index is 14.6. The molecule has 1 unspecified atom stereocenters. The fourth-order valence-corrected chi connectivity index (χ4v) is 3.12. The zero-order valence-corrected chi connectivity index (χ0v) is 19.0. The lowest BCUT2D eigenvalue weighted by molar-refractivity contribution is -0.128. The number of nitrogens with zero attached hydrogens (tertiary/aromatic N) is 2. The molecule has 31 heavy (non-hydrogen) atoms. The standard InChI is InChI=1S/C22H32FN5O3/c1-21(2,3)10-11-28-17-13(8-7-9-14(17)23)16(27-28)19(30)26-18(22(4,5)6)20(31)25-12-15(24)29/h7-9,18H,10-12H2,1-6H3,(H2,24,29)(H,25,31)(H,26,30). The van der Waals surface area contributed by atoms with Crippen LogP contribution < -0.4 is 16.4 Å². The highest BCUT2D eigenvalue weighted by atomic mass is 19.1. The number of primary amides is 1. The van der Waals surface area contributed by atoms with Crippen LogP contribution in [0.2, 0.25) is 0 Å². The van der Waals surface area contributed by atoms with Gasteiger partial charge in [0.15, 0.2) is 5.69 Å².